The Kier molecular flexibility index (Phi) is 4.65. The van der Waals surface area contributed by atoms with Crippen molar-refractivity contribution >= 4 is 5.82 Å². The number of hydrogen-bond acceptors (Lipinski definition) is 3. The van der Waals surface area contributed by atoms with Crippen LogP contribution in [0.15, 0.2) is 6.07 Å². The molecule has 1 saturated heterocycles. The van der Waals surface area contributed by atoms with Gasteiger partial charge in [0.25, 0.3) is 0 Å². The van der Waals surface area contributed by atoms with Crippen LogP contribution in [-0.4, -0.2) is 18.1 Å². The van der Waals surface area contributed by atoms with Gasteiger partial charge >= 0.3 is 0 Å². The zero-order valence-electron chi connectivity index (χ0n) is 13.1. The van der Waals surface area contributed by atoms with E-state index in [1.165, 1.54) is 19.3 Å². The van der Waals surface area contributed by atoms with E-state index >= 15 is 0 Å². The highest BCUT2D eigenvalue weighted by atomic mass is 15.2. The molecule has 0 bridgehead atoms. The molecule has 0 spiro atoms. The Morgan fingerprint density at radius 3 is 2.25 bits per heavy atom. The van der Waals surface area contributed by atoms with E-state index in [4.69, 9.17) is 4.98 Å². The molecule has 0 radical (unpaired) electrons. The van der Waals surface area contributed by atoms with Crippen molar-refractivity contribution in [3.63, 3.8) is 0 Å². The molecule has 0 aromatic carbocycles. The molecular formula is C17H25N3. The topological polar surface area (TPSA) is 39.9 Å². The molecule has 3 nitrogen and oxygen atoms in total. The molecule has 0 amide bonds. The van der Waals surface area contributed by atoms with E-state index in [0.29, 0.717) is 11.8 Å². The lowest BCUT2D eigenvalue weighted by atomic mass is 9.95. The van der Waals surface area contributed by atoms with Crippen LogP contribution in [0.5, 0.6) is 0 Å². The summed E-state index contributed by atoms with van der Waals surface area (Å²) in [6.45, 7) is 10.7. The summed E-state index contributed by atoms with van der Waals surface area (Å²) in [5.41, 5.74) is 3.03. The maximum atomic E-state index is 9.59. The normalized spacial score (nSPS) is 15.8. The third kappa shape index (κ3) is 2.95. The molecule has 0 aliphatic carbocycles. The van der Waals surface area contributed by atoms with Crippen molar-refractivity contribution in [3.8, 4) is 6.07 Å². The summed E-state index contributed by atoms with van der Waals surface area (Å²) in [5.74, 6) is 1.67. The van der Waals surface area contributed by atoms with E-state index in [2.05, 4.69) is 44.7 Å². The van der Waals surface area contributed by atoms with E-state index in [0.717, 1.165) is 35.7 Å². The standard InChI is InChI=1S/C17H25N3/c1-12(2)14-10-16(13(3)4)19-17(15(14)11-18)20-8-6-5-7-9-20/h10,12-13H,5-9H2,1-4H3. The summed E-state index contributed by atoms with van der Waals surface area (Å²) in [7, 11) is 0. The van der Waals surface area contributed by atoms with Gasteiger partial charge in [0.15, 0.2) is 0 Å². The zero-order valence-corrected chi connectivity index (χ0v) is 13.1. The van der Waals surface area contributed by atoms with Crippen molar-refractivity contribution in [3.05, 3.63) is 22.9 Å². The van der Waals surface area contributed by atoms with Gasteiger partial charge in [-0.05, 0) is 42.7 Å². The Morgan fingerprint density at radius 1 is 1.10 bits per heavy atom. The van der Waals surface area contributed by atoms with Crippen LogP contribution in [0.3, 0.4) is 0 Å². The summed E-state index contributed by atoms with van der Waals surface area (Å²) in [5, 5.41) is 9.59. The van der Waals surface area contributed by atoms with Gasteiger partial charge in [-0.3, -0.25) is 0 Å². The molecule has 1 aromatic heterocycles. The predicted octanol–water partition coefficient (Wildman–Crippen LogP) is 4.19. The van der Waals surface area contributed by atoms with Gasteiger partial charge in [-0.15, -0.1) is 0 Å². The lowest BCUT2D eigenvalue weighted by molar-refractivity contribution is 0.571. The first-order valence-electron chi connectivity index (χ1n) is 7.74. The quantitative estimate of drug-likeness (QED) is 0.827. The van der Waals surface area contributed by atoms with E-state index < -0.39 is 0 Å². The van der Waals surface area contributed by atoms with Crippen molar-refractivity contribution in [1.82, 2.24) is 4.98 Å². The molecular weight excluding hydrogens is 246 g/mol. The average molecular weight is 271 g/mol. The fourth-order valence-electron chi connectivity index (χ4n) is 2.77. The summed E-state index contributed by atoms with van der Waals surface area (Å²) in [6, 6.07) is 4.53. The summed E-state index contributed by atoms with van der Waals surface area (Å²) < 4.78 is 0. The van der Waals surface area contributed by atoms with Crippen LogP contribution < -0.4 is 4.90 Å². The van der Waals surface area contributed by atoms with Gasteiger partial charge in [-0.25, -0.2) is 4.98 Å². The molecule has 108 valence electrons. The van der Waals surface area contributed by atoms with Crippen LogP contribution in [0.1, 0.15) is 75.6 Å². The van der Waals surface area contributed by atoms with Gasteiger partial charge < -0.3 is 4.90 Å². The van der Waals surface area contributed by atoms with E-state index in [1.807, 2.05) is 0 Å². The average Bonchev–Trinajstić information content (AvgIpc) is 2.46. The second kappa shape index (κ2) is 6.26. The number of aromatic nitrogens is 1. The van der Waals surface area contributed by atoms with Crippen molar-refractivity contribution in [2.24, 2.45) is 0 Å². The summed E-state index contributed by atoms with van der Waals surface area (Å²) in [4.78, 5) is 7.12. The van der Waals surface area contributed by atoms with Crippen molar-refractivity contribution < 1.29 is 0 Å². The Morgan fingerprint density at radius 2 is 1.75 bits per heavy atom. The molecule has 3 heteroatoms. The van der Waals surface area contributed by atoms with Crippen molar-refractivity contribution in [1.29, 1.82) is 5.26 Å². The van der Waals surface area contributed by atoms with Crippen molar-refractivity contribution in [2.75, 3.05) is 18.0 Å². The highest BCUT2D eigenvalue weighted by Crippen LogP contribution is 2.31. The van der Waals surface area contributed by atoms with Crippen LogP contribution in [0.4, 0.5) is 5.82 Å². The lowest BCUT2D eigenvalue weighted by Gasteiger charge is -2.30. The molecule has 2 heterocycles. The molecule has 20 heavy (non-hydrogen) atoms. The van der Waals surface area contributed by atoms with Gasteiger partial charge in [0.1, 0.15) is 11.9 Å². The van der Waals surface area contributed by atoms with Crippen LogP contribution >= 0.6 is 0 Å². The molecule has 1 aliphatic heterocycles. The molecule has 1 aliphatic rings. The van der Waals surface area contributed by atoms with Gasteiger partial charge in [-0.2, -0.15) is 5.26 Å². The number of rotatable bonds is 3. The number of anilines is 1. The summed E-state index contributed by atoms with van der Waals surface area (Å²) in [6.07, 6.45) is 3.70. The van der Waals surface area contributed by atoms with Crippen molar-refractivity contribution in [2.45, 2.75) is 58.8 Å². The Labute approximate surface area is 122 Å². The first-order chi connectivity index (χ1) is 9.54. The highest BCUT2D eigenvalue weighted by Gasteiger charge is 2.21. The monoisotopic (exact) mass is 271 g/mol. The maximum Gasteiger partial charge on any atom is 0.147 e. The zero-order chi connectivity index (χ0) is 14.7. The molecule has 0 unspecified atom stereocenters. The number of nitrogens with zero attached hydrogens (tertiary/aromatic N) is 3. The van der Waals surface area contributed by atoms with Gasteiger partial charge in [0, 0.05) is 18.8 Å². The highest BCUT2D eigenvalue weighted by molar-refractivity contribution is 5.59. The Balaban J connectivity index is 2.54. The van der Waals surface area contributed by atoms with Gasteiger partial charge in [0.2, 0.25) is 0 Å². The number of nitriles is 1. The van der Waals surface area contributed by atoms with Crippen LogP contribution in [0, 0.1) is 11.3 Å². The fourth-order valence-corrected chi connectivity index (χ4v) is 2.77. The lowest BCUT2D eigenvalue weighted by Crippen LogP contribution is -2.31. The first kappa shape index (κ1) is 14.8. The molecule has 1 fully saturated rings. The second-order valence-electron chi connectivity index (χ2n) is 6.30. The summed E-state index contributed by atoms with van der Waals surface area (Å²) >= 11 is 0. The Hall–Kier alpha value is -1.56. The van der Waals surface area contributed by atoms with Crippen LogP contribution in [-0.2, 0) is 0 Å². The minimum Gasteiger partial charge on any atom is -0.356 e. The predicted molar refractivity (Wildman–Crippen MR) is 83.2 cm³/mol. The smallest absolute Gasteiger partial charge is 0.147 e. The molecule has 0 atom stereocenters. The molecule has 0 N–H and O–H groups in total. The fraction of sp³-hybridized carbons (Fsp3) is 0.647. The van der Waals surface area contributed by atoms with Crippen LogP contribution in [0.2, 0.25) is 0 Å². The third-order valence-electron chi connectivity index (χ3n) is 4.03. The largest absolute Gasteiger partial charge is 0.356 e. The Bertz CT molecular complexity index is 506. The molecule has 0 saturated carbocycles. The van der Waals surface area contributed by atoms with E-state index in [9.17, 15) is 5.26 Å². The minimum absolute atomic E-state index is 0.355. The maximum absolute atomic E-state index is 9.59. The number of hydrogen-bond donors (Lipinski definition) is 0. The first-order valence-corrected chi connectivity index (χ1v) is 7.74. The third-order valence-corrected chi connectivity index (χ3v) is 4.03. The second-order valence-corrected chi connectivity index (χ2v) is 6.30. The van der Waals surface area contributed by atoms with Gasteiger partial charge in [-0.1, -0.05) is 27.7 Å². The molecule has 1 aromatic rings. The number of piperidine rings is 1. The number of pyridine rings is 1. The van der Waals surface area contributed by atoms with Crippen LogP contribution in [0.25, 0.3) is 0 Å². The molecule has 2 rings (SSSR count). The SMILES string of the molecule is CC(C)c1cc(C(C)C)c(C#N)c(N2CCCCC2)n1. The van der Waals surface area contributed by atoms with Gasteiger partial charge in [0.05, 0.1) is 5.56 Å². The van der Waals surface area contributed by atoms with E-state index in [-0.39, 0.29) is 0 Å². The minimum atomic E-state index is 0.355. The van der Waals surface area contributed by atoms with E-state index in [1.54, 1.807) is 0 Å².